The molecule has 3 saturated carbocycles. The van der Waals surface area contributed by atoms with E-state index in [9.17, 15) is 5.11 Å². The summed E-state index contributed by atoms with van der Waals surface area (Å²) in [6.45, 7) is 0. The van der Waals surface area contributed by atoms with Crippen molar-refractivity contribution in [3.05, 3.63) is 0 Å². The molecule has 0 atom stereocenters. The molecule has 3 aliphatic rings. The molecule has 80 valence electrons. The molecule has 1 heteroatoms. The van der Waals surface area contributed by atoms with Gasteiger partial charge in [-0.3, -0.25) is 0 Å². The van der Waals surface area contributed by atoms with Crippen molar-refractivity contribution in [2.45, 2.75) is 63.4 Å². The van der Waals surface area contributed by atoms with E-state index < -0.39 is 0 Å². The third kappa shape index (κ3) is 1.41. The SMILES string of the molecule is OC(C1CCCCC1)(C1CC1)C1CC1. The molecule has 3 fully saturated rings. The van der Waals surface area contributed by atoms with Gasteiger partial charge in [0, 0.05) is 0 Å². The van der Waals surface area contributed by atoms with Gasteiger partial charge in [-0.25, -0.2) is 0 Å². The maximum atomic E-state index is 10.9. The first kappa shape index (κ1) is 9.21. The number of hydrogen-bond acceptors (Lipinski definition) is 1. The third-order valence-electron chi connectivity index (χ3n) is 4.72. The Morgan fingerprint density at radius 3 is 1.50 bits per heavy atom. The Morgan fingerprint density at radius 2 is 1.07 bits per heavy atom. The highest BCUT2D eigenvalue weighted by molar-refractivity contribution is 5.07. The summed E-state index contributed by atoms with van der Waals surface area (Å²) >= 11 is 0. The average Bonchev–Trinajstić information content (AvgIpc) is 3.06. The number of rotatable bonds is 3. The predicted molar refractivity (Wildman–Crippen MR) is 57.0 cm³/mol. The first-order chi connectivity index (χ1) is 6.82. The van der Waals surface area contributed by atoms with Crippen LogP contribution in [0, 0.1) is 17.8 Å². The summed E-state index contributed by atoms with van der Waals surface area (Å²) in [7, 11) is 0. The summed E-state index contributed by atoms with van der Waals surface area (Å²) in [5, 5.41) is 10.9. The zero-order valence-electron chi connectivity index (χ0n) is 9.04. The largest absolute Gasteiger partial charge is 0.389 e. The van der Waals surface area contributed by atoms with Crippen molar-refractivity contribution in [1.29, 1.82) is 0 Å². The fourth-order valence-electron chi connectivity index (χ4n) is 3.66. The van der Waals surface area contributed by atoms with Crippen molar-refractivity contribution in [2.75, 3.05) is 0 Å². The van der Waals surface area contributed by atoms with Gasteiger partial charge in [-0.2, -0.15) is 0 Å². The minimum Gasteiger partial charge on any atom is -0.389 e. The lowest BCUT2D eigenvalue weighted by Gasteiger charge is -2.39. The van der Waals surface area contributed by atoms with Gasteiger partial charge in [0.2, 0.25) is 0 Å². The van der Waals surface area contributed by atoms with Gasteiger partial charge >= 0.3 is 0 Å². The lowest BCUT2D eigenvalue weighted by molar-refractivity contribution is -0.0712. The van der Waals surface area contributed by atoms with Crippen molar-refractivity contribution >= 4 is 0 Å². The second-order valence-corrected chi connectivity index (χ2v) is 5.77. The molecule has 0 saturated heterocycles. The minimum atomic E-state index is -0.208. The van der Waals surface area contributed by atoms with Crippen molar-refractivity contribution in [3.8, 4) is 0 Å². The molecule has 3 aliphatic carbocycles. The lowest BCUT2D eigenvalue weighted by Crippen LogP contribution is -2.43. The van der Waals surface area contributed by atoms with Gasteiger partial charge in [-0.05, 0) is 56.3 Å². The van der Waals surface area contributed by atoms with Gasteiger partial charge in [0.05, 0.1) is 5.60 Å². The van der Waals surface area contributed by atoms with Gasteiger partial charge in [0.15, 0.2) is 0 Å². The Morgan fingerprint density at radius 1 is 0.643 bits per heavy atom. The van der Waals surface area contributed by atoms with Crippen molar-refractivity contribution < 1.29 is 5.11 Å². The van der Waals surface area contributed by atoms with Crippen molar-refractivity contribution in [1.82, 2.24) is 0 Å². The molecule has 1 N–H and O–H groups in total. The Hall–Kier alpha value is -0.0400. The summed E-state index contributed by atoms with van der Waals surface area (Å²) < 4.78 is 0. The Kier molecular flexibility index (Phi) is 2.12. The Bertz CT molecular complexity index is 197. The molecule has 0 aromatic rings. The molecule has 1 nitrogen and oxygen atoms in total. The van der Waals surface area contributed by atoms with E-state index in [0.29, 0.717) is 17.8 Å². The molecule has 3 rings (SSSR count). The molecular weight excluding hydrogens is 172 g/mol. The molecule has 0 heterocycles. The van der Waals surface area contributed by atoms with E-state index in [2.05, 4.69) is 0 Å². The molecule has 0 unspecified atom stereocenters. The van der Waals surface area contributed by atoms with Crippen LogP contribution in [0.1, 0.15) is 57.8 Å². The Balaban J connectivity index is 1.75. The van der Waals surface area contributed by atoms with Crippen LogP contribution in [0.2, 0.25) is 0 Å². The first-order valence-corrected chi connectivity index (χ1v) is 6.54. The fourth-order valence-corrected chi connectivity index (χ4v) is 3.66. The highest BCUT2D eigenvalue weighted by Gasteiger charge is 2.56. The molecule has 0 spiro atoms. The standard InChI is InChI=1S/C13H22O/c14-13(11-6-7-11,12-8-9-12)10-4-2-1-3-5-10/h10-12,14H,1-9H2. The van der Waals surface area contributed by atoms with E-state index in [0.717, 1.165) is 0 Å². The van der Waals surface area contributed by atoms with Crippen LogP contribution >= 0.6 is 0 Å². The lowest BCUT2D eigenvalue weighted by atomic mass is 9.71. The van der Waals surface area contributed by atoms with Crippen LogP contribution in [0.4, 0.5) is 0 Å². The molecule has 0 aliphatic heterocycles. The summed E-state index contributed by atoms with van der Waals surface area (Å²) in [6.07, 6.45) is 12.0. The highest BCUT2D eigenvalue weighted by atomic mass is 16.3. The molecule has 0 amide bonds. The molecule has 0 bridgehead atoms. The van der Waals surface area contributed by atoms with Crippen LogP contribution in [0.3, 0.4) is 0 Å². The van der Waals surface area contributed by atoms with Gasteiger partial charge < -0.3 is 5.11 Å². The van der Waals surface area contributed by atoms with Crippen LogP contribution in [-0.4, -0.2) is 10.7 Å². The third-order valence-corrected chi connectivity index (χ3v) is 4.72. The van der Waals surface area contributed by atoms with E-state index in [-0.39, 0.29) is 5.60 Å². The van der Waals surface area contributed by atoms with Gasteiger partial charge in [0.1, 0.15) is 0 Å². The minimum absolute atomic E-state index is 0.208. The zero-order chi connectivity index (χ0) is 9.60. The van der Waals surface area contributed by atoms with Gasteiger partial charge in [-0.1, -0.05) is 19.3 Å². The predicted octanol–water partition coefficient (Wildman–Crippen LogP) is 3.12. The van der Waals surface area contributed by atoms with Crippen LogP contribution in [0.25, 0.3) is 0 Å². The molecule has 0 aromatic heterocycles. The average molecular weight is 194 g/mol. The quantitative estimate of drug-likeness (QED) is 0.732. The maximum absolute atomic E-state index is 10.9. The number of aliphatic hydroxyl groups is 1. The van der Waals surface area contributed by atoms with E-state index in [4.69, 9.17) is 0 Å². The highest BCUT2D eigenvalue weighted by Crippen LogP contribution is 2.57. The van der Waals surface area contributed by atoms with Crippen LogP contribution in [0.15, 0.2) is 0 Å². The fraction of sp³-hybridized carbons (Fsp3) is 1.00. The summed E-state index contributed by atoms with van der Waals surface area (Å²) in [5.41, 5.74) is -0.208. The van der Waals surface area contributed by atoms with Gasteiger partial charge in [0.25, 0.3) is 0 Å². The molecular formula is C13H22O. The second-order valence-electron chi connectivity index (χ2n) is 5.77. The van der Waals surface area contributed by atoms with Crippen LogP contribution in [0.5, 0.6) is 0 Å². The van der Waals surface area contributed by atoms with Crippen molar-refractivity contribution in [2.24, 2.45) is 17.8 Å². The van der Waals surface area contributed by atoms with Crippen LogP contribution in [-0.2, 0) is 0 Å². The number of hydrogen-bond donors (Lipinski definition) is 1. The summed E-state index contributed by atoms with van der Waals surface area (Å²) in [4.78, 5) is 0. The van der Waals surface area contributed by atoms with E-state index in [1.165, 1.54) is 57.8 Å². The summed E-state index contributed by atoms with van der Waals surface area (Å²) in [5.74, 6) is 2.05. The molecule has 0 radical (unpaired) electrons. The molecule has 0 aromatic carbocycles. The van der Waals surface area contributed by atoms with Gasteiger partial charge in [-0.15, -0.1) is 0 Å². The van der Waals surface area contributed by atoms with E-state index in [1.807, 2.05) is 0 Å². The Labute approximate surface area is 86.9 Å². The van der Waals surface area contributed by atoms with E-state index >= 15 is 0 Å². The summed E-state index contributed by atoms with van der Waals surface area (Å²) in [6, 6.07) is 0. The van der Waals surface area contributed by atoms with E-state index in [1.54, 1.807) is 0 Å². The molecule has 14 heavy (non-hydrogen) atoms. The maximum Gasteiger partial charge on any atom is 0.0731 e. The zero-order valence-corrected chi connectivity index (χ0v) is 9.04. The second kappa shape index (κ2) is 3.23. The first-order valence-electron chi connectivity index (χ1n) is 6.54. The van der Waals surface area contributed by atoms with Crippen LogP contribution < -0.4 is 0 Å². The smallest absolute Gasteiger partial charge is 0.0731 e. The topological polar surface area (TPSA) is 20.2 Å². The monoisotopic (exact) mass is 194 g/mol. The van der Waals surface area contributed by atoms with Crippen molar-refractivity contribution in [3.63, 3.8) is 0 Å². The normalized spacial score (nSPS) is 30.6.